The summed E-state index contributed by atoms with van der Waals surface area (Å²) in [6, 6.07) is 8.51. The number of allylic oxidation sites excluding steroid dienone is 1. The fraction of sp³-hybridized carbons (Fsp3) is 0.280. The van der Waals surface area contributed by atoms with Crippen molar-refractivity contribution in [1.29, 1.82) is 0 Å². The fourth-order valence-corrected chi connectivity index (χ4v) is 3.48. The van der Waals surface area contributed by atoms with Gasteiger partial charge in [0.15, 0.2) is 11.6 Å². The Morgan fingerprint density at radius 2 is 1.94 bits per heavy atom. The van der Waals surface area contributed by atoms with Crippen LogP contribution < -0.4 is 10.1 Å². The zero-order valence-corrected chi connectivity index (χ0v) is 18.4. The van der Waals surface area contributed by atoms with E-state index in [0.717, 1.165) is 37.1 Å². The quantitative estimate of drug-likeness (QED) is 0.477. The standard InChI is InChI=1S/C25H24F2N4O2/c1-15(2)33-25-23(16-7-9-19(26)20(27)13-16)30-22-14-17(8-10-21(22)31-25)24(32)29-12-4-6-18-5-3-11-28-18/h3,7-11,13-15H,4-6,12H2,1-2H3,(H,29,32). The Morgan fingerprint density at radius 3 is 2.67 bits per heavy atom. The summed E-state index contributed by atoms with van der Waals surface area (Å²) in [5, 5.41) is 2.91. The van der Waals surface area contributed by atoms with Crippen LogP contribution >= 0.6 is 0 Å². The van der Waals surface area contributed by atoms with Crippen LogP contribution in [0, 0.1) is 11.6 Å². The van der Waals surface area contributed by atoms with E-state index in [4.69, 9.17) is 4.74 Å². The van der Waals surface area contributed by atoms with E-state index in [9.17, 15) is 13.6 Å². The largest absolute Gasteiger partial charge is 0.473 e. The summed E-state index contributed by atoms with van der Waals surface area (Å²) in [6.45, 7) is 4.21. The van der Waals surface area contributed by atoms with Crippen molar-refractivity contribution < 1.29 is 18.3 Å². The molecule has 170 valence electrons. The number of aliphatic imine (C=N–C) groups is 1. The lowest BCUT2D eigenvalue weighted by molar-refractivity contribution is 0.0953. The molecule has 1 aliphatic rings. The van der Waals surface area contributed by atoms with Crippen LogP contribution in [0.15, 0.2) is 53.7 Å². The third-order valence-corrected chi connectivity index (χ3v) is 5.08. The Morgan fingerprint density at radius 1 is 1.09 bits per heavy atom. The van der Waals surface area contributed by atoms with Gasteiger partial charge in [-0.1, -0.05) is 6.08 Å². The SMILES string of the molecule is CC(C)Oc1nc2ccc(C(=O)NCCCC3=NC=CC3)cc2nc1-c1ccc(F)c(F)c1. The molecule has 2 heterocycles. The van der Waals surface area contributed by atoms with Gasteiger partial charge < -0.3 is 10.1 Å². The molecule has 0 bridgehead atoms. The van der Waals surface area contributed by atoms with Crippen LogP contribution in [0.2, 0.25) is 0 Å². The lowest BCUT2D eigenvalue weighted by Crippen LogP contribution is -2.24. The third kappa shape index (κ3) is 5.39. The second-order valence-electron chi connectivity index (χ2n) is 8.02. The molecule has 0 radical (unpaired) electrons. The van der Waals surface area contributed by atoms with Gasteiger partial charge in [-0.3, -0.25) is 9.79 Å². The summed E-state index contributed by atoms with van der Waals surface area (Å²) in [5.41, 5.74) is 3.14. The highest BCUT2D eigenvalue weighted by Crippen LogP contribution is 2.30. The molecule has 1 aliphatic heterocycles. The van der Waals surface area contributed by atoms with Crippen LogP contribution in [0.25, 0.3) is 22.3 Å². The Kier molecular flexibility index (Phi) is 6.72. The highest BCUT2D eigenvalue weighted by atomic mass is 19.2. The molecule has 8 heteroatoms. The van der Waals surface area contributed by atoms with Crippen LogP contribution in [0.4, 0.5) is 8.78 Å². The van der Waals surface area contributed by atoms with Gasteiger partial charge in [0.05, 0.1) is 17.1 Å². The van der Waals surface area contributed by atoms with Crippen molar-refractivity contribution in [3.05, 3.63) is 65.9 Å². The first-order valence-electron chi connectivity index (χ1n) is 10.8. The second-order valence-corrected chi connectivity index (χ2v) is 8.02. The van der Waals surface area contributed by atoms with Crippen LogP contribution in [0.3, 0.4) is 0 Å². The molecule has 0 aliphatic carbocycles. The predicted molar refractivity (Wildman–Crippen MR) is 123 cm³/mol. The molecule has 0 saturated heterocycles. The molecular weight excluding hydrogens is 426 g/mol. The van der Waals surface area contributed by atoms with Crippen molar-refractivity contribution in [2.75, 3.05) is 6.54 Å². The Labute approximate surface area is 190 Å². The maximum Gasteiger partial charge on any atom is 0.251 e. The number of nitrogens with zero attached hydrogens (tertiary/aromatic N) is 3. The molecule has 0 spiro atoms. The van der Waals surface area contributed by atoms with Gasteiger partial charge in [0.1, 0.15) is 5.69 Å². The minimum atomic E-state index is -0.989. The molecule has 33 heavy (non-hydrogen) atoms. The van der Waals surface area contributed by atoms with Gasteiger partial charge in [-0.2, -0.15) is 0 Å². The molecule has 2 aromatic carbocycles. The first-order valence-corrected chi connectivity index (χ1v) is 10.8. The summed E-state index contributed by atoms with van der Waals surface area (Å²) in [5.74, 6) is -1.95. The van der Waals surface area contributed by atoms with Crippen LogP contribution in [0.5, 0.6) is 5.88 Å². The molecule has 4 rings (SSSR count). The summed E-state index contributed by atoms with van der Waals surface area (Å²) in [6.07, 6.45) is 6.13. The Bertz CT molecular complexity index is 1250. The van der Waals surface area contributed by atoms with Crippen molar-refractivity contribution in [1.82, 2.24) is 15.3 Å². The monoisotopic (exact) mass is 450 g/mol. The Balaban J connectivity index is 1.58. The molecule has 0 atom stereocenters. The average Bonchev–Trinajstić information content (AvgIpc) is 3.31. The highest BCUT2D eigenvalue weighted by Gasteiger charge is 2.17. The maximum atomic E-state index is 13.9. The first kappa shape index (κ1) is 22.5. The number of ether oxygens (including phenoxy) is 1. The van der Waals surface area contributed by atoms with Gasteiger partial charge >= 0.3 is 0 Å². The van der Waals surface area contributed by atoms with Crippen LogP contribution in [-0.2, 0) is 0 Å². The van der Waals surface area contributed by atoms with Crippen molar-refractivity contribution >= 4 is 22.7 Å². The van der Waals surface area contributed by atoms with E-state index in [0.29, 0.717) is 28.7 Å². The number of amides is 1. The van der Waals surface area contributed by atoms with Crippen LogP contribution in [0.1, 0.15) is 43.5 Å². The minimum absolute atomic E-state index is 0.197. The number of benzene rings is 2. The molecular formula is C25H24F2N4O2. The van der Waals surface area contributed by atoms with Gasteiger partial charge in [-0.25, -0.2) is 18.7 Å². The van der Waals surface area contributed by atoms with E-state index in [1.165, 1.54) is 6.07 Å². The number of nitrogens with one attached hydrogen (secondary N) is 1. The maximum absolute atomic E-state index is 13.9. The molecule has 1 N–H and O–H groups in total. The van der Waals surface area contributed by atoms with Gasteiger partial charge in [0.25, 0.3) is 5.91 Å². The summed E-state index contributed by atoms with van der Waals surface area (Å²) < 4.78 is 33.1. The zero-order chi connectivity index (χ0) is 23.4. The average molecular weight is 450 g/mol. The Hall–Kier alpha value is -3.68. The lowest BCUT2D eigenvalue weighted by atomic mass is 10.1. The molecule has 1 amide bonds. The number of carbonyl (C=O) groups excluding carboxylic acids is 1. The minimum Gasteiger partial charge on any atom is -0.473 e. The molecule has 1 aromatic heterocycles. The number of carbonyl (C=O) groups is 1. The van der Waals surface area contributed by atoms with Gasteiger partial charge in [0, 0.05) is 36.0 Å². The molecule has 0 saturated carbocycles. The fourth-order valence-electron chi connectivity index (χ4n) is 3.48. The zero-order valence-electron chi connectivity index (χ0n) is 18.4. The number of fused-ring (bicyclic) bond motifs is 1. The lowest BCUT2D eigenvalue weighted by Gasteiger charge is -2.14. The van der Waals surface area contributed by atoms with Crippen LogP contribution in [-0.4, -0.2) is 34.2 Å². The van der Waals surface area contributed by atoms with E-state index in [-0.39, 0.29) is 23.6 Å². The van der Waals surface area contributed by atoms with Gasteiger partial charge in [-0.05, 0) is 63.1 Å². The summed E-state index contributed by atoms with van der Waals surface area (Å²) in [7, 11) is 0. The smallest absolute Gasteiger partial charge is 0.251 e. The first-order chi connectivity index (χ1) is 15.9. The summed E-state index contributed by atoms with van der Waals surface area (Å²) >= 11 is 0. The number of rotatable bonds is 8. The number of aromatic nitrogens is 2. The van der Waals surface area contributed by atoms with E-state index in [1.807, 2.05) is 19.9 Å². The highest BCUT2D eigenvalue weighted by molar-refractivity contribution is 5.97. The number of hydrogen-bond acceptors (Lipinski definition) is 5. The number of halogens is 2. The van der Waals surface area contributed by atoms with Crippen molar-refractivity contribution in [3.63, 3.8) is 0 Å². The predicted octanol–water partition coefficient (Wildman–Crippen LogP) is 5.23. The van der Waals surface area contributed by atoms with Gasteiger partial charge in [0.2, 0.25) is 5.88 Å². The van der Waals surface area contributed by atoms with E-state index >= 15 is 0 Å². The molecule has 6 nitrogen and oxygen atoms in total. The van der Waals surface area contributed by atoms with Crippen molar-refractivity contribution in [2.24, 2.45) is 4.99 Å². The third-order valence-electron chi connectivity index (χ3n) is 5.08. The molecule has 0 fully saturated rings. The van der Waals surface area contributed by atoms with E-state index in [2.05, 4.69) is 20.3 Å². The molecule has 0 unspecified atom stereocenters. The normalized spacial score (nSPS) is 12.9. The van der Waals surface area contributed by atoms with Crippen molar-refractivity contribution in [3.8, 4) is 17.1 Å². The van der Waals surface area contributed by atoms with E-state index in [1.54, 1.807) is 24.4 Å². The molecule has 3 aromatic rings. The topological polar surface area (TPSA) is 76.5 Å². The summed E-state index contributed by atoms with van der Waals surface area (Å²) in [4.78, 5) is 26.0. The number of hydrogen-bond donors (Lipinski definition) is 1. The van der Waals surface area contributed by atoms with Crippen molar-refractivity contribution in [2.45, 2.75) is 39.2 Å². The van der Waals surface area contributed by atoms with E-state index < -0.39 is 11.6 Å². The second kappa shape index (κ2) is 9.85. The van der Waals surface area contributed by atoms with Gasteiger partial charge in [-0.15, -0.1) is 0 Å².